The second kappa shape index (κ2) is 3.05. The van der Waals surface area contributed by atoms with E-state index in [1.807, 2.05) is 29.6 Å². The Labute approximate surface area is 101 Å². The number of benzene rings is 1. The molecular weight excluding hydrogens is 232 g/mol. The first kappa shape index (κ1) is 9.13. The number of rotatable bonds is 0. The fraction of sp³-hybridized carbons (Fsp3) is 0.0769. The smallest absolute Gasteiger partial charge is 0.281 e. The van der Waals surface area contributed by atoms with Gasteiger partial charge in [-0.2, -0.15) is 4.98 Å². The van der Waals surface area contributed by atoms with Crippen molar-refractivity contribution in [2.24, 2.45) is 0 Å². The Bertz CT molecular complexity index is 801. The Morgan fingerprint density at radius 3 is 3.06 bits per heavy atom. The predicted molar refractivity (Wildman–Crippen MR) is 68.4 cm³/mol. The molecule has 1 aliphatic rings. The van der Waals surface area contributed by atoms with E-state index in [4.69, 9.17) is 0 Å². The normalized spacial score (nSPS) is 12.7. The molecule has 0 bridgehead atoms. The molecule has 0 unspecified atom stereocenters. The van der Waals surface area contributed by atoms with Gasteiger partial charge in [-0.15, -0.1) is 11.3 Å². The first-order chi connectivity index (χ1) is 8.34. The number of nitrogens with zero attached hydrogens (tertiary/aromatic N) is 2. The largest absolute Gasteiger partial charge is 0.312 e. The highest BCUT2D eigenvalue weighted by Gasteiger charge is 2.21. The van der Waals surface area contributed by atoms with E-state index in [1.54, 1.807) is 11.3 Å². The zero-order valence-electron chi connectivity index (χ0n) is 8.88. The molecule has 3 nitrogen and oxygen atoms in total. The fourth-order valence-corrected chi connectivity index (χ4v) is 3.28. The van der Waals surface area contributed by atoms with Gasteiger partial charge in [0.05, 0.1) is 11.9 Å². The Hall–Kier alpha value is -1.94. The predicted octanol–water partition coefficient (Wildman–Crippen LogP) is 2.49. The number of hydrogen-bond donors (Lipinski definition) is 0. The molecule has 4 heteroatoms. The summed E-state index contributed by atoms with van der Waals surface area (Å²) in [6.07, 6.45) is 0. The summed E-state index contributed by atoms with van der Waals surface area (Å²) in [5.74, 6) is 0.806. The topological polar surface area (TPSA) is 34.9 Å². The highest BCUT2D eigenvalue weighted by atomic mass is 32.1. The second-order valence-corrected chi connectivity index (χ2v) is 5.02. The number of hydrogen-bond acceptors (Lipinski definition) is 3. The van der Waals surface area contributed by atoms with E-state index in [-0.39, 0.29) is 5.56 Å². The van der Waals surface area contributed by atoms with Crippen molar-refractivity contribution in [3.05, 3.63) is 51.6 Å². The van der Waals surface area contributed by atoms with Crippen molar-refractivity contribution in [3.8, 4) is 11.4 Å². The lowest BCUT2D eigenvalue weighted by Gasteiger charge is -2.03. The van der Waals surface area contributed by atoms with Gasteiger partial charge >= 0.3 is 0 Å². The van der Waals surface area contributed by atoms with Crippen LogP contribution in [0.25, 0.3) is 21.6 Å². The minimum Gasteiger partial charge on any atom is -0.312 e. The minimum atomic E-state index is -0.121. The molecule has 2 aromatic heterocycles. The first-order valence-electron chi connectivity index (χ1n) is 5.41. The summed E-state index contributed by atoms with van der Waals surface area (Å²) in [6.45, 7) is 0.815. The van der Waals surface area contributed by atoms with Crippen LogP contribution in [0, 0.1) is 0 Å². The molecule has 0 N–H and O–H groups in total. The Kier molecular flexibility index (Phi) is 1.64. The van der Waals surface area contributed by atoms with Gasteiger partial charge in [0, 0.05) is 5.56 Å². The Morgan fingerprint density at radius 2 is 2.12 bits per heavy atom. The van der Waals surface area contributed by atoms with E-state index in [1.165, 1.54) is 5.56 Å². The average Bonchev–Trinajstić information content (AvgIpc) is 2.93. The maximum Gasteiger partial charge on any atom is 0.281 e. The highest BCUT2D eigenvalue weighted by molar-refractivity contribution is 7.16. The van der Waals surface area contributed by atoms with Gasteiger partial charge in [0.15, 0.2) is 0 Å². The molecule has 0 aliphatic carbocycles. The summed E-state index contributed by atoms with van der Waals surface area (Å²) in [7, 11) is 0. The molecule has 3 heterocycles. The maximum atomic E-state index is 11.9. The SMILES string of the molecule is O=c1nc2n(c3sccc13)Cc1ccccc1-2. The van der Waals surface area contributed by atoms with Crippen LogP contribution in [0.4, 0.5) is 0 Å². The van der Waals surface area contributed by atoms with Gasteiger partial charge < -0.3 is 4.57 Å². The third kappa shape index (κ3) is 1.10. The summed E-state index contributed by atoms with van der Waals surface area (Å²) in [5.41, 5.74) is 2.20. The zero-order chi connectivity index (χ0) is 11.4. The molecule has 1 aliphatic heterocycles. The number of aromatic nitrogens is 2. The van der Waals surface area contributed by atoms with Crippen molar-refractivity contribution in [1.82, 2.24) is 9.55 Å². The molecule has 0 saturated heterocycles. The lowest BCUT2D eigenvalue weighted by Crippen LogP contribution is -2.11. The van der Waals surface area contributed by atoms with Crippen molar-refractivity contribution < 1.29 is 0 Å². The fourth-order valence-electron chi connectivity index (χ4n) is 2.38. The van der Waals surface area contributed by atoms with Gasteiger partial charge in [-0.1, -0.05) is 24.3 Å². The molecule has 0 radical (unpaired) electrons. The molecule has 17 heavy (non-hydrogen) atoms. The number of thiophene rings is 1. The van der Waals surface area contributed by atoms with E-state index < -0.39 is 0 Å². The maximum absolute atomic E-state index is 11.9. The van der Waals surface area contributed by atoms with E-state index in [2.05, 4.69) is 15.6 Å². The third-order valence-electron chi connectivity index (χ3n) is 3.17. The van der Waals surface area contributed by atoms with Crippen molar-refractivity contribution >= 4 is 21.6 Å². The number of fused-ring (bicyclic) bond motifs is 5. The van der Waals surface area contributed by atoms with Gasteiger partial charge in [-0.3, -0.25) is 4.79 Å². The van der Waals surface area contributed by atoms with Crippen LogP contribution < -0.4 is 5.56 Å². The quantitative estimate of drug-likeness (QED) is 0.473. The van der Waals surface area contributed by atoms with Crippen molar-refractivity contribution in [1.29, 1.82) is 0 Å². The Morgan fingerprint density at radius 1 is 1.24 bits per heavy atom. The van der Waals surface area contributed by atoms with Crippen LogP contribution in [0.1, 0.15) is 5.56 Å². The summed E-state index contributed by atoms with van der Waals surface area (Å²) in [5, 5.41) is 2.68. The van der Waals surface area contributed by atoms with Crippen molar-refractivity contribution in [2.75, 3.05) is 0 Å². The third-order valence-corrected chi connectivity index (χ3v) is 4.11. The summed E-state index contributed by atoms with van der Waals surface area (Å²) < 4.78 is 2.13. The van der Waals surface area contributed by atoms with Crippen LogP contribution in [-0.4, -0.2) is 9.55 Å². The van der Waals surface area contributed by atoms with Crippen molar-refractivity contribution in [3.63, 3.8) is 0 Å². The van der Waals surface area contributed by atoms with Crippen LogP contribution >= 0.6 is 11.3 Å². The molecule has 82 valence electrons. The second-order valence-electron chi connectivity index (χ2n) is 4.12. The van der Waals surface area contributed by atoms with Gasteiger partial charge in [0.25, 0.3) is 5.56 Å². The summed E-state index contributed by atoms with van der Waals surface area (Å²) in [6, 6.07) is 9.98. The lowest BCUT2D eigenvalue weighted by molar-refractivity contribution is 0.860. The standard InChI is InChI=1S/C13H8N2OS/c16-12-10-5-6-17-13(10)15-7-8-3-1-2-4-9(8)11(15)14-12/h1-6H,7H2. The van der Waals surface area contributed by atoms with E-state index in [9.17, 15) is 4.79 Å². The molecule has 0 spiro atoms. The minimum absolute atomic E-state index is 0.121. The van der Waals surface area contributed by atoms with Crippen molar-refractivity contribution in [2.45, 2.75) is 6.54 Å². The monoisotopic (exact) mass is 240 g/mol. The molecule has 0 atom stereocenters. The van der Waals surface area contributed by atoms with Gasteiger partial charge in [0.1, 0.15) is 10.7 Å². The van der Waals surface area contributed by atoms with E-state index in [0.29, 0.717) is 0 Å². The molecule has 1 aromatic carbocycles. The lowest BCUT2D eigenvalue weighted by atomic mass is 10.1. The molecule has 0 saturated carbocycles. The van der Waals surface area contributed by atoms with Crippen LogP contribution in [-0.2, 0) is 6.54 Å². The molecular formula is C13H8N2OS. The molecule has 0 amide bonds. The van der Waals surface area contributed by atoms with Gasteiger partial charge in [-0.05, 0) is 17.0 Å². The average molecular weight is 240 g/mol. The Balaban J connectivity index is 2.19. The summed E-state index contributed by atoms with van der Waals surface area (Å²) in [4.78, 5) is 17.1. The van der Waals surface area contributed by atoms with Crippen LogP contribution in [0.15, 0.2) is 40.5 Å². The van der Waals surface area contributed by atoms with Gasteiger partial charge in [0.2, 0.25) is 0 Å². The van der Waals surface area contributed by atoms with E-state index in [0.717, 1.165) is 28.1 Å². The van der Waals surface area contributed by atoms with Crippen LogP contribution in [0.3, 0.4) is 0 Å². The first-order valence-corrected chi connectivity index (χ1v) is 6.29. The van der Waals surface area contributed by atoms with Gasteiger partial charge in [-0.25, -0.2) is 0 Å². The summed E-state index contributed by atoms with van der Waals surface area (Å²) >= 11 is 1.60. The molecule has 0 fully saturated rings. The molecule has 4 rings (SSSR count). The zero-order valence-corrected chi connectivity index (χ0v) is 9.70. The van der Waals surface area contributed by atoms with Crippen LogP contribution in [0.5, 0.6) is 0 Å². The van der Waals surface area contributed by atoms with Crippen LogP contribution in [0.2, 0.25) is 0 Å². The van der Waals surface area contributed by atoms with E-state index >= 15 is 0 Å². The highest BCUT2D eigenvalue weighted by Crippen LogP contribution is 2.32. The molecule has 3 aromatic rings.